The van der Waals surface area contributed by atoms with Crippen LogP contribution in [0.25, 0.3) is 10.8 Å². The number of aryl methyl sites for hydroxylation is 2. The molecule has 4 rings (SSSR count). The van der Waals surface area contributed by atoms with Crippen LogP contribution in [0.15, 0.2) is 91.0 Å². The zero-order chi connectivity index (χ0) is 35.0. The van der Waals surface area contributed by atoms with E-state index in [1.165, 1.54) is 0 Å². The second-order valence-electron chi connectivity index (χ2n) is 14.3. The van der Waals surface area contributed by atoms with Crippen LogP contribution in [0.2, 0.25) is 0 Å². The second kappa shape index (κ2) is 16.0. The van der Waals surface area contributed by atoms with Crippen LogP contribution in [0.5, 0.6) is 0 Å². The summed E-state index contributed by atoms with van der Waals surface area (Å²) in [5, 5.41) is 8.08. The number of alkyl carbamates (subject to hydrolysis) is 1. The fraction of sp³-hybridized carbons (Fsp3) is 0.390. The van der Waals surface area contributed by atoms with E-state index in [-0.39, 0.29) is 24.3 Å². The van der Waals surface area contributed by atoms with Crippen molar-refractivity contribution in [3.05, 3.63) is 113 Å². The van der Waals surface area contributed by atoms with E-state index in [2.05, 4.69) is 24.5 Å². The molecule has 0 aliphatic rings. The predicted molar refractivity (Wildman–Crippen MR) is 195 cm³/mol. The van der Waals surface area contributed by atoms with Gasteiger partial charge in [0.2, 0.25) is 5.91 Å². The molecule has 3 unspecified atom stereocenters. The van der Waals surface area contributed by atoms with Gasteiger partial charge in [-0.05, 0) is 105 Å². The third kappa shape index (κ3) is 9.93. The Morgan fingerprint density at radius 1 is 0.771 bits per heavy atom. The number of nitrogens with one attached hydrogen (secondary N) is 2. The number of ether oxygens (including phenoxy) is 1. The molecule has 0 saturated heterocycles. The lowest BCUT2D eigenvalue weighted by Crippen LogP contribution is -2.55. The van der Waals surface area contributed by atoms with E-state index in [4.69, 9.17) is 4.74 Å². The van der Waals surface area contributed by atoms with Crippen LogP contribution in [0, 0.1) is 19.8 Å². The summed E-state index contributed by atoms with van der Waals surface area (Å²) in [6, 6.07) is 27.0. The highest BCUT2D eigenvalue weighted by atomic mass is 16.6. The van der Waals surface area contributed by atoms with Gasteiger partial charge in [0.1, 0.15) is 17.7 Å². The number of hydrogen-bond acceptors (Lipinski definition) is 4. The van der Waals surface area contributed by atoms with Crippen molar-refractivity contribution in [2.24, 2.45) is 5.92 Å². The first-order valence-electron chi connectivity index (χ1n) is 16.9. The minimum Gasteiger partial charge on any atom is -0.444 e. The zero-order valence-electron chi connectivity index (χ0n) is 29.7. The lowest BCUT2D eigenvalue weighted by molar-refractivity contribution is -0.143. The Bertz CT molecular complexity index is 1710. The van der Waals surface area contributed by atoms with E-state index in [1.54, 1.807) is 25.7 Å². The summed E-state index contributed by atoms with van der Waals surface area (Å²) in [6.45, 7) is 15.7. The smallest absolute Gasteiger partial charge is 0.408 e. The summed E-state index contributed by atoms with van der Waals surface area (Å²) in [6.07, 6.45) is 1.09. The van der Waals surface area contributed by atoms with Crippen molar-refractivity contribution in [1.29, 1.82) is 0 Å². The molecule has 0 saturated carbocycles. The van der Waals surface area contributed by atoms with E-state index in [1.807, 2.05) is 112 Å². The Morgan fingerprint density at radius 2 is 1.44 bits per heavy atom. The first-order valence-corrected chi connectivity index (χ1v) is 16.9. The number of fused-ring (bicyclic) bond motifs is 1. The lowest BCUT2D eigenvalue weighted by atomic mass is 9.94. The highest BCUT2D eigenvalue weighted by Gasteiger charge is 2.39. The van der Waals surface area contributed by atoms with E-state index >= 15 is 4.79 Å². The van der Waals surface area contributed by atoms with Gasteiger partial charge in [-0.15, -0.1) is 0 Å². The molecular formula is C41H51N3O4. The standard InChI is InChI=1S/C41H51N3O4/c1-27(2)18-20-30(5)44(39(46)36(25-31-14-10-9-11-15-31)43-40(47)48-41(6,7)8)37(34-21-19-28(3)29(4)24-34)38(45)42-35-23-22-32-16-12-13-17-33(32)26-35/h9-17,19,21-24,26-27,30,36-37H,18,20,25H2,1-8H3,(H,42,45)(H,43,47). The van der Waals surface area contributed by atoms with Crippen molar-refractivity contribution in [3.8, 4) is 0 Å². The van der Waals surface area contributed by atoms with Gasteiger partial charge in [0, 0.05) is 18.2 Å². The number of rotatable bonds is 12. The number of amides is 3. The molecule has 0 bridgehead atoms. The molecule has 0 radical (unpaired) electrons. The van der Waals surface area contributed by atoms with Crippen LogP contribution in [-0.4, -0.2) is 40.5 Å². The summed E-state index contributed by atoms with van der Waals surface area (Å²) in [4.78, 5) is 44.5. The predicted octanol–water partition coefficient (Wildman–Crippen LogP) is 8.93. The van der Waals surface area contributed by atoms with Gasteiger partial charge < -0.3 is 20.3 Å². The molecule has 0 aliphatic heterocycles. The summed E-state index contributed by atoms with van der Waals surface area (Å²) < 4.78 is 5.61. The third-order valence-electron chi connectivity index (χ3n) is 8.55. The van der Waals surface area contributed by atoms with Crippen LogP contribution >= 0.6 is 0 Å². The number of nitrogens with zero attached hydrogens (tertiary/aromatic N) is 1. The van der Waals surface area contributed by atoms with Gasteiger partial charge in [-0.25, -0.2) is 4.79 Å². The van der Waals surface area contributed by atoms with Gasteiger partial charge in [-0.3, -0.25) is 9.59 Å². The maximum absolute atomic E-state index is 15.0. The fourth-order valence-electron chi connectivity index (χ4n) is 5.84. The molecule has 0 aliphatic carbocycles. The average molecular weight is 650 g/mol. The first-order chi connectivity index (χ1) is 22.7. The fourth-order valence-corrected chi connectivity index (χ4v) is 5.84. The molecule has 0 heterocycles. The summed E-state index contributed by atoms with van der Waals surface area (Å²) in [5.41, 5.74) is 3.58. The normalized spacial score (nSPS) is 13.4. The Balaban J connectivity index is 1.82. The summed E-state index contributed by atoms with van der Waals surface area (Å²) >= 11 is 0. The number of carbonyl (C=O) groups is 3. The van der Waals surface area contributed by atoms with E-state index in [9.17, 15) is 9.59 Å². The molecular weight excluding hydrogens is 598 g/mol. The molecule has 7 heteroatoms. The Kier molecular flexibility index (Phi) is 12.0. The highest BCUT2D eigenvalue weighted by molar-refractivity contribution is 6.00. The van der Waals surface area contributed by atoms with Crippen molar-refractivity contribution < 1.29 is 19.1 Å². The molecule has 7 nitrogen and oxygen atoms in total. The van der Waals surface area contributed by atoms with Gasteiger partial charge in [-0.1, -0.05) is 92.7 Å². The quantitative estimate of drug-likeness (QED) is 0.160. The van der Waals surface area contributed by atoms with Gasteiger partial charge in [0.05, 0.1) is 0 Å². The third-order valence-corrected chi connectivity index (χ3v) is 8.55. The Hall–Kier alpha value is -4.65. The number of benzene rings is 4. The van der Waals surface area contributed by atoms with E-state index < -0.39 is 23.8 Å². The maximum atomic E-state index is 15.0. The van der Waals surface area contributed by atoms with Gasteiger partial charge in [-0.2, -0.15) is 0 Å². The highest BCUT2D eigenvalue weighted by Crippen LogP contribution is 2.31. The van der Waals surface area contributed by atoms with Gasteiger partial charge >= 0.3 is 6.09 Å². The van der Waals surface area contributed by atoms with Crippen LogP contribution in [0.1, 0.15) is 82.7 Å². The SMILES string of the molecule is Cc1ccc(C(C(=O)Nc2ccc3ccccc3c2)N(C(=O)C(Cc2ccccc2)NC(=O)OC(C)(C)C)C(C)CCC(C)C)cc1C. The van der Waals surface area contributed by atoms with Crippen LogP contribution in [0.4, 0.5) is 10.5 Å². The average Bonchev–Trinajstić information content (AvgIpc) is 3.02. The minimum absolute atomic E-state index is 0.234. The molecule has 3 atom stereocenters. The van der Waals surface area contributed by atoms with Crippen molar-refractivity contribution in [2.75, 3.05) is 5.32 Å². The second-order valence-corrected chi connectivity index (χ2v) is 14.3. The van der Waals surface area contributed by atoms with Crippen molar-refractivity contribution >= 4 is 34.4 Å². The van der Waals surface area contributed by atoms with Crippen LogP contribution < -0.4 is 10.6 Å². The number of hydrogen-bond donors (Lipinski definition) is 2. The van der Waals surface area contributed by atoms with Crippen LogP contribution in [0.3, 0.4) is 0 Å². The van der Waals surface area contributed by atoms with Gasteiger partial charge in [0.25, 0.3) is 5.91 Å². The molecule has 0 spiro atoms. The van der Waals surface area contributed by atoms with E-state index in [0.717, 1.165) is 33.9 Å². The molecule has 3 amide bonds. The first kappa shape index (κ1) is 36.2. The largest absolute Gasteiger partial charge is 0.444 e. The molecule has 0 aromatic heterocycles. The zero-order valence-corrected chi connectivity index (χ0v) is 29.7. The van der Waals surface area contributed by atoms with E-state index in [0.29, 0.717) is 23.6 Å². The van der Waals surface area contributed by atoms with Gasteiger partial charge in [0.15, 0.2) is 0 Å². The molecule has 4 aromatic rings. The lowest BCUT2D eigenvalue weighted by Gasteiger charge is -2.39. The monoisotopic (exact) mass is 649 g/mol. The summed E-state index contributed by atoms with van der Waals surface area (Å²) in [7, 11) is 0. The van der Waals surface area contributed by atoms with Crippen molar-refractivity contribution in [3.63, 3.8) is 0 Å². The molecule has 4 aromatic carbocycles. The van der Waals surface area contributed by atoms with Crippen LogP contribution in [-0.2, 0) is 20.7 Å². The minimum atomic E-state index is -0.980. The molecule has 48 heavy (non-hydrogen) atoms. The topological polar surface area (TPSA) is 87.7 Å². The number of anilines is 1. The maximum Gasteiger partial charge on any atom is 0.408 e. The molecule has 254 valence electrons. The van der Waals surface area contributed by atoms with Crippen molar-refractivity contribution in [2.45, 2.75) is 98.4 Å². The number of carbonyl (C=O) groups excluding carboxylic acids is 3. The molecule has 2 N–H and O–H groups in total. The van der Waals surface area contributed by atoms with Crippen molar-refractivity contribution in [1.82, 2.24) is 10.2 Å². The summed E-state index contributed by atoms with van der Waals surface area (Å²) in [5.74, 6) is -0.275. The Labute approximate surface area is 286 Å². The molecule has 0 fully saturated rings. The Morgan fingerprint density at radius 3 is 2.08 bits per heavy atom.